The average Bonchev–Trinajstić information content (AvgIpc) is 2.80. The molecule has 0 saturated heterocycles. The molecule has 1 aliphatic rings. The lowest BCUT2D eigenvalue weighted by atomic mass is 9.86. The third-order valence-electron chi connectivity index (χ3n) is 3.51. The van der Waals surface area contributed by atoms with Crippen molar-refractivity contribution in [3.05, 3.63) is 47.0 Å². The summed E-state index contributed by atoms with van der Waals surface area (Å²) >= 11 is 6.00. The highest BCUT2D eigenvalue weighted by molar-refractivity contribution is 6.31. The molecule has 0 bridgehead atoms. The van der Waals surface area contributed by atoms with Gasteiger partial charge in [-0.25, -0.2) is 0 Å². The number of hydrogen-bond donors (Lipinski definition) is 3. The van der Waals surface area contributed by atoms with Gasteiger partial charge in [0.05, 0.1) is 11.4 Å². The van der Waals surface area contributed by atoms with Crippen molar-refractivity contribution in [3.8, 4) is 5.75 Å². The van der Waals surface area contributed by atoms with Gasteiger partial charge in [0.2, 0.25) is 0 Å². The summed E-state index contributed by atoms with van der Waals surface area (Å²) in [7, 11) is 0. The van der Waals surface area contributed by atoms with Crippen LogP contribution in [0.5, 0.6) is 5.75 Å². The van der Waals surface area contributed by atoms with E-state index >= 15 is 0 Å². The lowest BCUT2D eigenvalue weighted by molar-refractivity contribution is 0.447. The van der Waals surface area contributed by atoms with Gasteiger partial charge in [-0.15, -0.1) is 0 Å². The number of hydrazine groups is 2. The Morgan fingerprint density at radius 3 is 2.48 bits per heavy atom. The highest BCUT2D eigenvalue weighted by atomic mass is 35.5. The van der Waals surface area contributed by atoms with Crippen molar-refractivity contribution in [2.24, 2.45) is 0 Å². The molecule has 0 atom stereocenters. The van der Waals surface area contributed by atoms with Gasteiger partial charge >= 0.3 is 0 Å². The van der Waals surface area contributed by atoms with Gasteiger partial charge < -0.3 is 5.11 Å². The van der Waals surface area contributed by atoms with E-state index in [1.54, 1.807) is 5.12 Å². The van der Waals surface area contributed by atoms with Gasteiger partial charge in [0.25, 0.3) is 0 Å². The van der Waals surface area contributed by atoms with E-state index in [-0.39, 0.29) is 11.2 Å². The first-order chi connectivity index (χ1) is 9.86. The summed E-state index contributed by atoms with van der Waals surface area (Å²) in [5.74, 6) is 0.268. The summed E-state index contributed by atoms with van der Waals surface area (Å²) in [4.78, 5) is 0. The first-order valence-corrected chi connectivity index (χ1v) is 7.19. The Balaban J connectivity index is 1.97. The van der Waals surface area contributed by atoms with Gasteiger partial charge in [0.1, 0.15) is 11.4 Å². The minimum absolute atomic E-state index is 0.129. The van der Waals surface area contributed by atoms with Crippen molar-refractivity contribution >= 4 is 28.7 Å². The van der Waals surface area contributed by atoms with E-state index in [1.165, 1.54) is 0 Å². The Morgan fingerprint density at radius 2 is 1.76 bits per heavy atom. The smallest absolute Gasteiger partial charge is 0.146 e. The number of benzene rings is 2. The predicted octanol–water partition coefficient (Wildman–Crippen LogP) is 4.52. The monoisotopic (exact) mass is 303 g/mol. The molecule has 0 fully saturated rings. The zero-order valence-corrected chi connectivity index (χ0v) is 13.0. The molecular weight excluding hydrogens is 286 g/mol. The first kappa shape index (κ1) is 13.9. The highest BCUT2D eigenvalue weighted by Crippen LogP contribution is 2.40. The van der Waals surface area contributed by atoms with E-state index in [0.717, 1.165) is 16.9 Å². The Kier molecular flexibility index (Phi) is 3.14. The van der Waals surface area contributed by atoms with Crippen molar-refractivity contribution in [3.63, 3.8) is 0 Å². The number of anilines is 3. The van der Waals surface area contributed by atoms with Crippen LogP contribution in [0.1, 0.15) is 26.3 Å². The van der Waals surface area contributed by atoms with Crippen LogP contribution >= 0.6 is 11.6 Å². The molecule has 5 heteroatoms. The molecule has 0 aliphatic carbocycles. The van der Waals surface area contributed by atoms with Crippen molar-refractivity contribution in [1.29, 1.82) is 0 Å². The Bertz CT molecular complexity index is 694. The molecule has 1 heterocycles. The van der Waals surface area contributed by atoms with E-state index in [9.17, 15) is 5.11 Å². The second-order valence-corrected chi connectivity index (χ2v) is 6.61. The van der Waals surface area contributed by atoms with Crippen LogP contribution in [0.15, 0.2) is 36.4 Å². The number of phenols is 1. The van der Waals surface area contributed by atoms with Crippen LogP contribution in [-0.2, 0) is 5.41 Å². The maximum absolute atomic E-state index is 10.6. The molecule has 1 aliphatic heterocycles. The zero-order chi connectivity index (χ0) is 15.2. The molecule has 0 radical (unpaired) electrons. The Hall–Kier alpha value is -2.07. The summed E-state index contributed by atoms with van der Waals surface area (Å²) in [6.45, 7) is 6.22. The molecule has 2 aromatic rings. The third kappa shape index (κ3) is 2.47. The molecule has 110 valence electrons. The van der Waals surface area contributed by atoms with Gasteiger partial charge in [-0.3, -0.25) is 10.9 Å². The number of nitrogens with one attached hydrogen (secondary N) is 2. The fraction of sp³-hybridized carbons (Fsp3) is 0.250. The fourth-order valence-electron chi connectivity index (χ4n) is 2.41. The molecule has 0 aromatic heterocycles. The van der Waals surface area contributed by atoms with E-state index in [4.69, 9.17) is 11.6 Å². The van der Waals surface area contributed by atoms with Crippen LogP contribution in [0.25, 0.3) is 0 Å². The number of phenolic OH excluding ortho intramolecular Hbond substituents is 1. The normalized spacial score (nSPS) is 13.6. The summed E-state index contributed by atoms with van der Waals surface area (Å²) in [5.41, 5.74) is 9.63. The maximum Gasteiger partial charge on any atom is 0.146 e. The standard InChI is InChI=1S/C16H18ClN3O/c1-16(2,3)11-5-4-6-14(15(11)21)20-18-12-8-7-10(17)9-13(12)19-20/h4-9,18-19,21H,1-3H3. The zero-order valence-electron chi connectivity index (χ0n) is 12.2. The van der Waals surface area contributed by atoms with Crippen LogP contribution in [0, 0.1) is 0 Å². The molecule has 3 rings (SSSR count). The molecule has 21 heavy (non-hydrogen) atoms. The van der Waals surface area contributed by atoms with E-state index < -0.39 is 0 Å². The molecule has 0 unspecified atom stereocenters. The van der Waals surface area contributed by atoms with E-state index in [2.05, 4.69) is 31.6 Å². The van der Waals surface area contributed by atoms with Crippen molar-refractivity contribution in [1.82, 2.24) is 0 Å². The van der Waals surface area contributed by atoms with Crippen molar-refractivity contribution in [2.45, 2.75) is 26.2 Å². The van der Waals surface area contributed by atoms with Crippen LogP contribution in [0.2, 0.25) is 5.02 Å². The average molecular weight is 304 g/mol. The summed E-state index contributed by atoms with van der Waals surface area (Å²) < 4.78 is 0. The van der Waals surface area contributed by atoms with Gasteiger partial charge in [-0.2, -0.15) is 5.12 Å². The third-order valence-corrected chi connectivity index (χ3v) is 3.74. The number of hydrogen-bond acceptors (Lipinski definition) is 4. The van der Waals surface area contributed by atoms with Crippen LogP contribution in [0.4, 0.5) is 17.1 Å². The Labute approximate surface area is 129 Å². The van der Waals surface area contributed by atoms with Crippen LogP contribution < -0.4 is 16.0 Å². The minimum Gasteiger partial charge on any atom is -0.505 e. The number of para-hydroxylation sites is 1. The second kappa shape index (κ2) is 4.74. The van der Waals surface area contributed by atoms with Crippen molar-refractivity contribution < 1.29 is 5.11 Å². The van der Waals surface area contributed by atoms with Gasteiger partial charge in [0.15, 0.2) is 0 Å². The summed E-state index contributed by atoms with van der Waals surface area (Å²) in [5, 5.41) is 12.9. The lowest BCUT2D eigenvalue weighted by Gasteiger charge is -2.25. The highest BCUT2D eigenvalue weighted by Gasteiger charge is 2.25. The fourth-order valence-corrected chi connectivity index (χ4v) is 2.58. The first-order valence-electron chi connectivity index (χ1n) is 6.82. The minimum atomic E-state index is -0.129. The molecule has 4 nitrogen and oxygen atoms in total. The molecule has 0 saturated carbocycles. The second-order valence-electron chi connectivity index (χ2n) is 6.17. The summed E-state index contributed by atoms with van der Waals surface area (Å²) in [6, 6.07) is 11.3. The lowest BCUT2D eigenvalue weighted by Crippen LogP contribution is -2.29. The van der Waals surface area contributed by atoms with Gasteiger partial charge in [-0.05, 0) is 29.7 Å². The molecular formula is C16H18ClN3O. The van der Waals surface area contributed by atoms with E-state index in [1.807, 2.05) is 36.4 Å². The summed E-state index contributed by atoms with van der Waals surface area (Å²) in [6.07, 6.45) is 0. The number of nitrogens with zero attached hydrogens (tertiary/aromatic N) is 1. The van der Waals surface area contributed by atoms with Crippen LogP contribution in [-0.4, -0.2) is 5.11 Å². The van der Waals surface area contributed by atoms with Gasteiger partial charge in [0, 0.05) is 10.6 Å². The molecule has 3 N–H and O–H groups in total. The number of halogens is 1. The quantitative estimate of drug-likeness (QED) is 0.725. The topological polar surface area (TPSA) is 47.5 Å². The Morgan fingerprint density at radius 1 is 1.05 bits per heavy atom. The molecule has 2 aromatic carbocycles. The maximum atomic E-state index is 10.6. The molecule has 0 spiro atoms. The number of rotatable bonds is 1. The van der Waals surface area contributed by atoms with E-state index in [0.29, 0.717) is 10.7 Å². The largest absolute Gasteiger partial charge is 0.505 e. The molecule has 0 amide bonds. The number of fused-ring (bicyclic) bond motifs is 1. The van der Waals surface area contributed by atoms with Crippen LogP contribution in [0.3, 0.4) is 0 Å². The predicted molar refractivity (Wildman–Crippen MR) is 88.0 cm³/mol. The SMILES string of the molecule is CC(C)(C)c1cccc(N2Nc3ccc(Cl)cc3N2)c1O. The van der Waals surface area contributed by atoms with Crippen molar-refractivity contribution in [2.75, 3.05) is 16.0 Å². The van der Waals surface area contributed by atoms with Gasteiger partial charge in [-0.1, -0.05) is 44.5 Å². The number of aromatic hydroxyl groups is 1.